The fraction of sp³-hybridized carbons (Fsp3) is 0.462. The number of fused-ring (bicyclic) bond motifs is 1. The summed E-state index contributed by atoms with van der Waals surface area (Å²) in [6, 6.07) is 14.0. The van der Waals surface area contributed by atoms with Gasteiger partial charge in [0.25, 0.3) is 0 Å². The highest BCUT2D eigenvalue weighted by Gasteiger charge is 2.54. The molecular weight excluding hydrogens is 407 g/mol. The SMILES string of the molecule is O=C(C1CCCCC1)N1CC(=O)N2[C@H](CO)[C@H](c3ccc(-c4ccccc4F)cc3)[C@H]2C1. The topological polar surface area (TPSA) is 60.9 Å². The van der Waals surface area contributed by atoms with E-state index in [0.717, 1.165) is 36.8 Å². The summed E-state index contributed by atoms with van der Waals surface area (Å²) < 4.78 is 14.2. The summed E-state index contributed by atoms with van der Waals surface area (Å²) >= 11 is 0. The number of aliphatic hydroxyl groups excluding tert-OH is 1. The Morgan fingerprint density at radius 3 is 2.44 bits per heavy atom. The van der Waals surface area contributed by atoms with E-state index in [0.29, 0.717) is 12.1 Å². The molecule has 5 nitrogen and oxygen atoms in total. The van der Waals surface area contributed by atoms with Crippen LogP contribution in [-0.2, 0) is 9.59 Å². The van der Waals surface area contributed by atoms with Crippen molar-refractivity contribution >= 4 is 11.8 Å². The minimum atomic E-state index is -0.279. The maximum atomic E-state index is 14.2. The Morgan fingerprint density at radius 2 is 1.75 bits per heavy atom. The third kappa shape index (κ3) is 3.60. The van der Waals surface area contributed by atoms with Crippen LogP contribution in [0.25, 0.3) is 11.1 Å². The predicted molar refractivity (Wildman–Crippen MR) is 119 cm³/mol. The van der Waals surface area contributed by atoms with E-state index >= 15 is 0 Å². The molecular formula is C26H29FN2O3. The Balaban J connectivity index is 1.36. The van der Waals surface area contributed by atoms with Gasteiger partial charge in [0.1, 0.15) is 5.82 Å². The van der Waals surface area contributed by atoms with Crippen molar-refractivity contribution in [3.63, 3.8) is 0 Å². The van der Waals surface area contributed by atoms with Gasteiger partial charge >= 0.3 is 0 Å². The molecule has 32 heavy (non-hydrogen) atoms. The monoisotopic (exact) mass is 436 g/mol. The lowest BCUT2D eigenvalue weighted by Gasteiger charge is -2.59. The van der Waals surface area contributed by atoms with Gasteiger partial charge in [-0.15, -0.1) is 0 Å². The maximum Gasteiger partial charge on any atom is 0.242 e. The van der Waals surface area contributed by atoms with Crippen molar-refractivity contribution in [3.05, 3.63) is 59.9 Å². The largest absolute Gasteiger partial charge is 0.394 e. The van der Waals surface area contributed by atoms with Gasteiger partial charge in [-0.3, -0.25) is 9.59 Å². The number of carbonyl (C=O) groups is 2. The Morgan fingerprint density at radius 1 is 1.03 bits per heavy atom. The molecule has 1 aliphatic carbocycles. The minimum absolute atomic E-state index is 0.0373. The third-order valence-electron chi connectivity index (χ3n) is 7.50. The minimum Gasteiger partial charge on any atom is -0.394 e. The van der Waals surface area contributed by atoms with E-state index in [1.165, 1.54) is 12.5 Å². The molecule has 0 bridgehead atoms. The van der Waals surface area contributed by atoms with Gasteiger partial charge < -0.3 is 14.9 Å². The van der Waals surface area contributed by atoms with Crippen LogP contribution >= 0.6 is 0 Å². The van der Waals surface area contributed by atoms with Crippen LogP contribution in [0.4, 0.5) is 4.39 Å². The molecule has 2 aromatic rings. The molecule has 0 radical (unpaired) electrons. The number of piperazine rings is 1. The molecule has 2 amide bonds. The number of halogens is 1. The van der Waals surface area contributed by atoms with Gasteiger partial charge in [-0.25, -0.2) is 4.39 Å². The van der Waals surface area contributed by atoms with Crippen molar-refractivity contribution in [2.45, 2.75) is 50.1 Å². The molecule has 1 N–H and O–H groups in total. The highest BCUT2D eigenvalue weighted by molar-refractivity contribution is 5.88. The van der Waals surface area contributed by atoms with Gasteiger partial charge in [-0.2, -0.15) is 0 Å². The molecule has 2 aromatic carbocycles. The number of rotatable bonds is 4. The van der Waals surface area contributed by atoms with Gasteiger partial charge in [-0.05, 0) is 30.0 Å². The lowest BCUT2D eigenvalue weighted by molar-refractivity contribution is -0.168. The van der Waals surface area contributed by atoms with Crippen LogP contribution in [0.2, 0.25) is 0 Å². The van der Waals surface area contributed by atoms with Crippen LogP contribution in [-0.4, -0.2) is 58.5 Å². The first-order valence-corrected chi connectivity index (χ1v) is 11.6. The summed E-state index contributed by atoms with van der Waals surface area (Å²) in [7, 11) is 0. The zero-order valence-electron chi connectivity index (χ0n) is 18.1. The summed E-state index contributed by atoms with van der Waals surface area (Å²) in [4.78, 5) is 29.4. The van der Waals surface area contributed by atoms with Gasteiger partial charge in [0.15, 0.2) is 0 Å². The van der Waals surface area contributed by atoms with Crippen LogP contribution in [0.1, 0.15) is 43.6 Å². The van der Waals surface area contributed by atoms with Crippen LogP contribution in [0.15, 0.2) is 48.5 Å². The number of hydrogen-bond acceptors (Lipinski definition) is 3. The van der Waals surface area contributed by atoms with Crippen molar-refractivity contribution in [2.24, 2.45) is 5.92 Å². The quantitative estimate of drug-likeness (QED) is 0.797. The number of amides is 2. The smallest absolute Gasteiger partial charge is 0.242 e. The number of nitrogens with zero attached hydrogens (tertiary/aromatic N) is 2. The lowest BCUT2D eigenvalue weighted by atomic mass is 9.73. The van der Waals surface area contributed by atoms with Gasteiger partial charge in [0.05, 0.1) is 25.2 Å². The number of benzene rings is 2. The maximum absolute atomic E-state index is 14.2. The lowest BCUT2D eigenvalue weighted by Crippen LogP contribution is -2.73. The molecule has 3 fully saturated rings. The van der Waals surface area contributed by atoms with E-state index in [4.69, 9.17) is 0 Å². The van der Waals surface area contributed by atoms with E-state index in [1.807, 2.05) is 30.3 Å². The zero-order chi connectivity index (χ0) is 22.2. The van der Waals surface area contributed by atoms with Gasteiger partial charge in [0.2, 0.25) is 11.8 Å². The van der Waals surface area contributed by atoms with E-state index in [-0.39, 0.29) is 54.7 Å². The highest BCUT2D eigenvalue weighted by Crippen LogP contribution is 2.43. The van der Waals surface area contributed by atoms with E-state index < -0.39 is 0 Å². The van der Waals surface area contributed by atoms with E-state index in [9.17, 15) is 19.1 Å². The molecule has 3 aliphatic rings. The van der Waals surface area contributed by atoms with Crippen LogP contribution in [0.5, 0.6) is 0 Å². The summed E-state index contributed by atoms with van der Waals surface area (Å²) in [5.74, 6) is -0.239. The molecule has 2 heterocycles. The molecule has 5 rings (SSSR count). The van der Waals surface area contributed by atoms with Crippen LogP contribution in [0, 0.1) is 11.7 Å². The molecule has 0 aromatic heterocycles. The summed E-state index contributed by atoms with van der Waals surface area (Å²) in [6.07, 6.45) is 5.17. The van der Waals surface area contributed by atoms with Crippen LogP contribution in [0.3, 0.4) is 0 Å². The Labute approximate surface area is 187 Å². The molecule has 2 aliphatic heterocycles. The molecule has 0 unspecified atom stereocenters. The zero-order valence-corrected chi connectivity index (χ0v) is 18.1. The Bertz CT molecular complexity index is 1000. The van der Waals surface area contributed by atoms with Crippen LogP contribution < -0.4 is 0 Å². The normalized spacial score (nSPS) is 25.9. The first kappa shape index (κ1) is 21.1. The molecule has 1 saturated carbocycles. The first-order chi connectivity index (χ1) is 15.6. The second kappa shape index (κ2) is 8.66. The fourth-order valence-corrected chi connectivity index (χ4v) is 5.86. The Kier molecular flexibility index (Phi) is 5.72. The molecule has 0 spiro atoms. The average Bonchev–Trinajstić information content (AvgIpc) is 2.81. The van der Waals surface area contributed by atoms with Crippen molar-refractivity contribution in [1.82, 2.24) is 9.80 Å². The second-order valence-electron chi connectivity index (χ2n) is 9.30. The Hall–Kier alpha value is -2.73. The number of carbonyl (C=O) groups excluding carboxylic acids is 2. The van der Waals surface area contributed by atoms with Crippen molar-refractivity contribution < 1.29 is 19.1 Å². The molecule has 168 valence electrons. The molecule has 6 heteroatoms. The third-order valence-corrected chi connectivity index (χ3v) is 7.50. The van der Waals surface area contributed by atoms with Gasteiger partial charge in [-0.1, -0.05) is 61.7 Å². The van der Waals surface area contributed by atoms with Crippen molar-refractivity contribution in [1.29, 1.82) is 0 Å². The second-order valence-corrected chi connectivity index (χ2v) is 9.30. The number of aliphatic hydroxyl groups is 1. The first-order valence-electron chi connectivity index (χ1n) is 11.6. The number of hydrogen-bond donors (Lipinski definition) is 1. The predicted octanol–water partition coefficient (Wildman–Crippen LogP) is 3.57. The van der Waals surface area contributed by atoms with E-state index in [1.54, 1.807) is 21.9 Å². The fourth-order valence-electron chi connectivity index (χ4n) is 5.86. The highest BCUT2D eigenvalue weighted by atomic mass is 19.1. The average molecular weight is 437 g/mol. The summed E-state index contributed by atoms with van der Waals surface area (Å²) in [5.41, 5.74) is 2.34. The van der Waals surface area contributed by atoms with Crippen molar-refractivity contribution in [2.75, 3.05) is 19.7 Å². The molecule has 2 saturated heterocycles. The summed E-state index contributed by atoms with van der Waals surface area (Å²) in [5, 5.41) is 10.00. The summed E-state index contributed by atoms with van der Waals surface area (Å²) in [6.45, 7) is 0.511. The standard InChI is InChI=1S/C26H29FN2O3/c27-21-9-5-4-8-20(21)17-10-12-18(13-11-17)25-22-14-28(15-24(31)29(22)23(25)16-30)26(32)19-6-2-1-3-7-19/h4-5,8-13,19,22-23,25,30H,1-3,6-7,14-16H2/t22-,23-,25-/m1/s1. The van der Waals surface area contributed by atoms with Crippen molar-refractivity contribution in [3.8, 4) is 11.1 Å². The molecule has 3 atom stereocenters. The van der Waals surface area contributed by atoms with E-state index in [2.05, 4.69) is 0 Å². The van der Waals surface area contributed by atoms with Gasteiger partial charge in [0, 0.05) is 23.9 Å².